The zero-order chi connectivity index (χ0) is 8.39. The van der Waals surface area contributed by atoms with Crippen LogP contribution >= 0.6 is 0 Å². The van der Waals surface area contributed by atoms with Crippen LogP contribution < -0.4 is 0 Å². The highest BCUT2D eigenvalue weighted by Gasteiger charge is 2.34. The minimum Gasteiger partial charge on any atom is -0.396 e. The van der Waals surface area contributed by atoms with Crippen molar-refractivity contribution in [2.24, 2.45) is 11.8 Å². The molecule has 70 valence electrons. The minimum atomic E-state index is 0.329. The van der Waals surface area contributed by atoms with E-state index in [9.17, 15) is 5.11 Å². The van der Waals surface area contributed by atoms with Crippen LogP contribution in [0.4, 0.5) is 0 Å². The molecule has 1 saturated carbocycles. The lowest BCUT2D eigenvalue weighted by molar-refractivity contribution is -0.00977. The van der Waals surface area contributed by atoms with Crippen molar-refractivity contribution in [2.75, 3.05) is 13.2 Å². The lowest BCUT2D eigenvalue weighted by Crippen LogP contribution is -2.34. The predicted octanol–water partition coefficient (Wildman–Crippen LogP) is 1.57. The van der Waals surface area contributed by atoms with Gasteiger partial charge in [0.25, 0.3) is 0 Å². The first-order chi connectivity index (χ1) is 5.92. The summed E-state index contributed by atoms with van der Waals surface area (Å²) in [6.45, 7) is 1.24. The Hall–Kier alpha value is -0.0800. The maximum absolute atomic E-state index is 9.24. The third-order valence-corrected chi connectivity index (χ3v) is 3.41. The van der Waals surface area contributed by atoms with E-state index in [0.717, 1.165) is 12.5 Å². The van der Waals surface area contributed by atoms with Gasteiger partial charge in [-0.1, -0.05) is 6.42 Å². The van der Waals surface area contributed by atoms with Gasteiger partial charge in [-0.25, -0.2) is 0 Å². The maximum Gasteiger partial charge on any atom is 0.0628 e. The topological polar surface area (TPSA) is 29.5 Å². The van der Waals surface area contributed by atoms with Gasteiger partial charge in [0.1, 0.15) is 0 Å². The molecule has 0 aromatic carbocycles. The number of aliphatic hydroxyl groups is 1. The molecule has 1 saturated heterocycles. The van der Waals surface area contributed by atoms with E-state index in [2.05, 4.69) is 0 Å². The van der Waals surface area contributed by atoms with E-state index < -0.39 is 0 Å². The number of rotatable bonds is 3. The average Bonchev–Trinajstić information content (AvgIpc) is 2.47. The van der Waals surface area contributed by atoms with Crippen molar-refractivity contribution < 1.29 is 9.84 Å². The number of hydrogen-bond donors (Lipinski definition) is 1. The van der Waals surface area contributed by atoms with Crippen LogP contribution in [-0.2, 0) is 4.74 Å². The molecule has 1 aliphatic heterocycles. The molecule has 1 heterocycles. The van der Waals surface area contributed by atoms with E-state index in [4.69, 9.17) is 4.74 Å². The van der Waals surface area contributed by atoms with Crippen molar-refractivity contribution in [1.82, 2.24) is 0 Å². The molecule has 1 aliphatic carbocycles. The first-order valence-electron chi connectivity index (χ1n) is 5.14. The predicted molar refractivity (Wildman–Crippen MR) is 46.9 cm³/mol. The number of ether oxygens (including phenoxy) is 1. The highest BCUT2D eigenvalue weighted by molar-refractivity contribution is 4.84. The second-order valence-corrected chi connectivity index (χ2v) is 4.09. The Morgan fingerprint density at radius 1 is 1.25 bits per heavy atom. The summed E-state index contributed by atoms with van der Waals surface area (Å²) in [6.07, 6.45) is 6.71. The van der Waals surface area contributed by atoms with E-state index >= 15 is 0 Å². The Bertz CT molecular complexity index is 137. The summed E-state index contributed by atoms with van der Waals surface area (Å²) in [7, 11) is 0. The Morgan fingerprint density at radius 3 is 2.50 bits per heavy atom. The highest BCUT2D eigenvalue weighted by atomic mass is 16.5. The molecule has 1 N–H and O–H groups in total. The van der Waals surface area contributed by atoms with Crippen molar-refractivity contribution in [3.05, 3.63) is 0 Å². The molecule has 2 rings (SSSR count). The van der Waals surface area contributed by atoms with Crippen LogP contribution in [0.3, 0.4) is 0 Å². The fraction of sp³-hybridized carbons (Fsp3) is 1.00. The monoisotopic (exact) mass is 170 g/mol. The maximum atomic E-state index is 9.24. The molecule has 2 fully saturated rings. The van der Waals surface area contributed by atoms with Gasteiger partial charge in [-0.05, 0) is 31.6 Å². The Morgan fingerprint density at radius 2 is 2.08 bits per heavy atom. The van der Waals surface area contributed by atoms with Crippen LogP contribution in [0.15, 0.2) is 0 Å². The van der Waals surface area contributed by atoms with Crippen LogP contribution in [-0.4, -0.2) is 24.4 Å². The van der Waals surface area contributed by atoms with Gasteiger partial charge in [0.2, 0.25) is 0 Å². The first kappa shape index (κ1) is 8.52. The average molecular weight is 170 g/mol. The molecule has 2 aliphatic rings. The molecule has 0 aromatic rings. The largest absolute Gasteiger partial charge is 0.396 e. The van der Waals surface area contributed by atoms with Gasteiger partial charge >= 0.3 is 0 Å². The second-order valence-electron chi connectivity index (χ2n) is 4.09. The van der Waals surface area contributed by atoms with Gasteiger partial charge in [0.15, 0.2) is 0 Å². The van der Waals surface area contributed by atoms with Crippen molar-refractivity contribution in [3.63, 3.8) is 0 Å². The van der Waals surface area contributed by atoms with E-state index in [1.807, 2.05) is 0 Å². The molecular weight excluding hydrogens is 152 g/mol. The van der Waals surface area contributed by atoms with Gasteiger partial charge in [-0.3, -0.25) is 0 Å². The van der Waals surface area contributed by atoms with Gasteiger partial charge in [0, 0.05) is 19.1 Å². The Labute approximate surface area is 73.9 Å². The van der Waals surface area contributed by atoms with Gasteiger partial charge in [-0.2, -0.15) is 0 Å². The SMILES string of the molecule is OCC(C1CCC1)C1CCCO1. The Balaban J connectivity index is 1.87. The lowest BCUT2D eigenvalue weighted by Gasteiger charge is -2.35. The smallest absolute Gasteiger partial charge is 0.0628 e. The molecule has 0 radical (unpaired) electrons. The third-order valence-electron chi connectivity index (χ3n) is 3.41. The van der Waals surface area contributed by atoms with Crippen LogP contribution in [0, 0.1) is 11.8 Å². The van der Waals surface area contributed by atoms with Gasteiger partial charge in [-0.15, -0.1) is 0 Å². The summed E-state index contributed by atoms with van der Waals surface area (Å²) in [5.74, 6) is 1.21. The summed E-state index contributed by atoms with van der Waals surface area (Å²) in [4.78, 5) is 0. The zero-order valence-electron chi connectivity index (χ0n) is 7.54. The minimum absolute atomic E-state index is 0.329. The van der Waals surface area contributed by atoms with Gasteiger partial charge in [0.05, 0.1) is 6.10 Å². The fourth-order valence-corrected chi connectivity index (χ4v) is 2.38. The third kappa shape index (κ3) is 1.50. The highest BCUT2D eigenvalue weighted by Crippen LogP contribution is 2.38. The normalized spacial score (nSPS) is 33.2. The molecule has 12 heavy (non-hydrogen) atoms. The molecule has 0 aromatic heterocycles. The van der Waals surface area contributed by atoms with E-state index in [1.54, 1.807) is 0 Å². The molecular formula is C10H18O2. The molecule has 2 nitrogen and oxygen atoms in total. The van der Waals surface area contributed by atoms with Crippen molar-refractivity contribution in [2.45, 2.75) is 38.2 Å². The van der Waals surface area contributed by atoms with E-state index in [0.29, 0.717) is 18.6 Å². The number of aliphatic hydroxyl groups excluding tert-OH is 1. The molecule has 2 atom stereocenters. The molecule has 2 unspecified atom stereocenters. The van der Waals surface area contributed by atoms with Crippen molar-refractivity contribution in [3.8, 4) is 0 Å². The Kier molecular flexibility index (Phi) is 2.66. The number of hydrogen-bond acceptors (Lipinski definition) is 2. The van der Waals surface area contributed by atoms with E-state index in [-0.39, 0.29) is 0 Å². The standard InChI is InChI=1S/C10H18O2/c11-7-9(8-3-1-4-8)10-5-2-6-12-10/h8-11H,1-7H2. The quantitative estimate of drug-likeness (QED) is 0.696. The summed E-state index contributed by atoms with van der Waals surface area (Å²) in [5.41, 5.74) is 0. The summed E-state index contributed by atoms with van der Waals surface area (Å²) in [6, 6.07) is 0. The summed E-state index contributed by atoms with van der Waals surface area (Å²) < 4.78 is 5.60. The van der Waals surface area contributed by atoms with Crippen molar-refractivity contribution >= 4 is 0 Å². The lowest BCUT2D eigenvalue weighted by atomic mass is 9.73. The van der Waals surface area contributed by atoms with Crippen LogP contribution in [0.5, 0.6) is 0 Å². The van der Waals surface area contributed by atoms with Crippen LogP contribution in [0.25, 0.3) is 0 Å². The van der Waals surface area contributed by atoms with Crippen LogP contribution in [0.2, 0.25) is 0 Å². The summed E-state index contributed by atoms with van der Waals surface area (Å²) in [5, 5.41) is 9.24. The molecule has 0 spiro atoms. The van der Waals surface area contributed by atoms with E-state index in [1.165, 1.54) is 32.1 Å². The first-order valence-corrected chi connectivity index (χ1v) is 5.14. The van der Waals surface area contributed by atoms with Crippen LogP contribution in [0.1, 0.15) is 32.1 Å². The molecule has 2 heteroatoms. The summed E-state index contributed by atoms with van der Waals surface area (Å²) >= 11 is 0. The molecule has 0 bridgehead atoms. The van der Waals surface area contributed by atoms with Crippen molar-refractivity contribution in [1.29, 1.82) is 0 Å². The molecule has 0 amide bonds. The van der Waals surface area contributed by atoms with Gasteiger partial charge < -0.3 is 9.84 Å². The fourth-order valence-electron chi connectivity index (χ4n) is 2.38. The zero-order valence-corrected chi connectivity index (χ0v) is 7.54. The second kappa shape index (κ2) is 3.75.